The lowest BCUT2D eigenvalue weighted by molar-refractivity contribution is -0.185. The van der Waals surface area contributed by atoms with Gasteiger partial charge in [-0.15, -0.1) is 0 Å². The first-order valence-corrected chi connectivity index (χ1v) is 10.2. The zero-order chi connectivity index (χ0) is 19.7. The molecule has 1 unspecified atom stereocenters. The first kappa shape index (κ1) is 18.1. The van der Waals surface area contributed by atoms with Gasteiger partial charge in [0, 0.05) is 19.7 Å². The van der Waals surface area contributed by atoms with E-state index >= 15 is 0 Å². The SMILES string of the molecule is CC(=O)c1cn(Cc2ccccc2)c(B2OC3[C@@H]4C[C@H](C[C@]3(C)O2)C4(C)C)n1. The summed E-state index contributed by atoms with van der Waals surface area (Å²) in [5, 5.41) is 0. The quantitative estimate of drug-likeness (QED) is 0.606. The molecule has 4 aliphatic rings. The molecule has 0 N–H and O–H groups in total. The van der Waals surface area contributed by atoms with Crippen molar-refractivity contribution in [3.8, 4) is 0 Å². The number of carbonyl (C=O) groups is 1. The fraction of sp³-hybridized carbons (Fsp3) is 0.545. The lowest BCUT2D eigenvalue weighted by Gasteiger charge is -2.63. The summed E-state index contributed by atoms with van der Waals surface area (Å²) in [4.78, 5) is 16.6. The second kappa shape index (κ2) is 6.04. The fourth-order valence-corrected chi connectivity index (χ4v) is 5.52. The minimum Gasteiger partial charge on any atom is -0.399 e. The molecule has 0 amide bonds. The Kier molecular flexibility index (Phi) is 3.91. The largest absolute Gasteiger partial charge is 0.532 e. The maximum Gasteiger partial charge on any atom is 0.532 e. The van der Waals surface area contributed by atoms with Crippen LogP contribution in [0.4, 0.5) is 0 Å². The molecule has 6 heteroatoms. The van der Waals surface area contributed by atoms with Crippen LogP contribution in [-0.2, 0) is 15.9 Å². The van der Waals surface area contributed by atoms with Gasteiger partial charge in [0.25, 0.3) is 0 Å². The van der Waals surface area contributed by atoms with Crippen molar-refractivity contribution in [2.75, 3.05) is 0 Å². The van der Waals surface area contributed by atoms with Crippen LogP contribution in [0.5, 0.6) is 0 Å². The lowest BCUT2D eigenvalue weighted by Crippen LogP contribution is -2.63. The van der Waals surface area contributed by atoms with Crippen molar-refractivity contribution < 1.29 is 14.1 Å². The molecule has 2 aromatic rings. The van der Waals surface area contributed by atoms with Gasteiger partial charge < -0.3 is 13.9 Å². The average Bonchev–Trinajstić information content (AvgIpc) is 3.22. The van der Waals surface area contributed by atoms with E-state index in [2.05, 4.69) is 37.9 Å². The molecule has 0 radical (unpaired) electrons. The van der Waals surface area contributed by atoms with Crippen molar-refractivity contribution in [2.45, 2.75) is 58.8 Å². The first-order chi connectivity index (χ1) is 13.3. The predicted molar refractivity (Wildman–Crippen MR) is 108 cm³/mol. The van der Waals surface area contributed by atoms with E-state index in [4.69, 9.17) is 9.31 Å². The van der Waals surface area contributed by atoms with Gasteiger partial charge in [-0.05, 0) is 42.6 Å². The maximum atomic E-state index is 12.0. The van der Waals surface area contributed by atoms with E-state index in [-0.39, 0.29) is 17.5 Å². The molecule has 1 aliphatic heterocycles. The molecule has 146 valence electrons. The second-order valence-corrected chi connectivity index (χ2v) is 9.54. The first-order valence-electron chi connectivity index (χ1n) is 10.2. The second-order valence-electron chi connectivity index (χ2n) is 9.54. The third kappa shape index (κ3) is 2.61. The number of hydrogen-bond acceptors (Lipinski definition) is 4. The van der Waals surface area contributed by atoms with E-state index < -0.39 is 7.12 Å². The summed E-state index contributed by atoms with van der Waals surface area (Å²) in [7, 11) is -0.526. The average molecular weight is 378 g/mol. The Hall–Kier alpha value is -1.92. The molecule has 0 spiro atoms. The van der Waals surface area contributed by atoms with Crippen molar-refractivity contribution in [3.05, 3.63) is 47.8 Å². The molecule has 3 saturated carbocycles. The third-order valence-electron chi connectivity index (χ3n) is 7.39. The summed E-state index contributed by atoms with van der Waals surface area (Å²) < 4.78 is 15.0. The number of ketones is 1. The molecule has 4 fully saturated rings. The van der Waals surface area contributed by atoms with Gasteiger partial charge in [0.15, 0.2) is 5.78 Å². The Morgan fingerprint density at radius 3 is 2.71 bits per heavy atom. The summed E-state index contributed by atoms with van der Waals surface area (Å²) in [6, 6.07) is 10.2. The van der Waals surface area contributed by atoms with E-state index in [0.717, 1.165) is 12.0 Å². The Bertz CT molecular complexity index is 925. The standard InChI is InChI=1S/C22H27BN2O3/c1-14(26)18-13-25(12-15-8-6-5-7-9-15)20(24-18)23-27-19-17-10-16(21(17,2)3)11-22(19,4)28-23/h5-9,13,16-17,19H,10-12H2,1-4H3/t16-,17+,19?,22+/m1/s1. The van der Waals surface area contributed by atoms with E-state index in [0.29, 0.717) is 35.2 Å². The van der Waals surface area contributed by atoms with Gasteiger partial charge in [-0.3, -0.25) is 4.79 Å². The van der Waals surface area contributed by atoms with Gasteiger partial charge >= 0.3 is 7.12 Å². The van der Waals surface area contributed by atoms with Crippen LogP contribution < -0.4 is 5.72 Å². The number of rotatable bonds is 4. The van der Waals surface area contributed by atoms with Crippen molar-refractivity contribution in [3.63, 3.8) is 0 Å². The molecular formula is C22H27BN2O3. The zero-order valence-corrected chi connectivity index (χ0v) is 17.0. The molecular weight excluding hydrogens is 351 g/mol. The molecule has 2 heterocycles. The summed E-state index contributed by atoms with van der Waals surface area (Å²) in [5.41, 5.74) is 2.35. The Morgan fingerprint density at radius 2 is 2.04 bits per heavy atom. The number of aromatic nitrogens is 2. The topological polar surface area (TPSA) is 53.4 Å². The molecule has 4 atom stereocenters. The number of imidazole rings is 1. The highest BCUT2D eigenvalue weighted by Crippen LogP contribution is 2.64. The predicted octanol–water partition coefficient (Wildman–Crippen LogP) is 3.07. The summed E-state index contributed by atoms with van der Waals surface area (Å²) in [6.07, 6.45) is 4.16. The van der Waals surface area contributed by atoms with Crippen LogP contribution >= 0.6 is 0 Å². The molecule has 6 rings (SSSR count). The number of carbonyl (C=O) groups excluding carboxylic acids is 1. The Labute approximate surface area is 166 Å². The third-order valence-corrected chi connectivity index (χ3v) is 7.39. The van der Waals surface area contributed by atoms with Crippen LogP contribution in [-0.4, -0.2) is 34.2 Å². The van der Waals surface area contributed by atoms with Crippen molar-refractivity contribution in [1.82, 2.24) is 9.55 Å². The van der Waals surface area contributed by atoms with Gasteiger partial charge in [0.05, 0.1) is 11.7 Å². The number of hydrogen-bond donors (Lipinski definition) is 0. The maximum absolute atomic E-state index is 12.0. The van der Waals surface area contributed by atoms with Gasteiger partial charge in [-0.25, -0.2) is 4.98 Å². The van der Waals surface area contributed by atoms with Crippen LogP contribution in [0.3, 0.4) is 0 Å². The smallest absolute Gasteiger partial charge is 0.399 e. The monoisotopic (exact) mass is 378 g/mol. The zero-order valence-electron chi connectivity index (χ0n) is 17.0. The summed E-state index contributed by atoms with van der Waals surface area (Å²) in [5.74, 6) is 1.17. The molecule has 1 saturated heterocycles. The van der Waals surface area contributed by atoms with Gasteiger partial charge in [0.2, 0.25) is 0 Å². The molecule has 3 aliphatic carbocycles. The van der Waals surface area contributed by atoms with E-state index in [9.17, 15) is 4.79 Å². The lowest BCUT2D eigenvalue weighted by atomic mass is 9.45. The number of nitrogens with zero attached hydrogens (tertiary/aromatic N) is 2. The Morgan fingerprint density at radius 1 is 1.29 bits per heavy atom. The Balaban J connectivity index is 1.47. The van der Waals surface area contributed by atoms with Gasteiger partial charge in [0.1, 0.15) is 11.4 Å². The highest BCUT2D eigenvalue weighted by atomic mass is 16.7. The minimum atomic E-state index is -0.526. The highest BCUT2D eigenvalue weighted by Gasteiger charge is 2.67. The highest BCUT2D eigenvalue weighted by molar-refractivity contribution is 6.60. The van der Waals surface area contributed by atoms with Crippen molar-refractivity contribution in [2.24, 2.45) is 17.3 Å². The number of Topliss-reactive ketones (excluding diaryl/α,β-unsaturated/α-hetero) is 1. The summed E-state index contributed by atoms with van der Waals surface area (Å²) in [6.45, 7) is 9.08. The van der Waals surface area contributed by atoms with Crippen LogP contribution in [0.1, 0.15) is 56.6 Å². The fourth-order valence-electron chi connectivity index (χ4n) is 5.52. The van der Waals surface area contributed by atoms with Crippen LogP contribution in [0, 0.1) is 17.3 Å². The normalized spacial score (nSPS) is 32.7. The van der Waals surface area contributed by atoms with E-state index in [1.165, 1.54) is 6.42 Å². The molecule has 1 aromatic carbocycles. The van der Waals surface area contributed by atoms with Gasteiger partial charge in [-0.2, -0.15) is 0 Å². The summed E-state index contributed by atoms with van der Waals surface area (Å²) >= 11 is 0. The van der Waals surface area contributed by atoms with E-state index in [1.54, 1.807) is 6.92 Å². The van der Waals surface area contributed by atoms with Crippen LogP contribution in [0.2, 0.25) is 0 Å². The molecule has 5 nitrogen and oxygen atoms in total. The van der Waals surface area contributed by atoms with Crippen LogP contribution in [0.15, 0.2) is 36.5 Å². The minimum absolute atomic E-state index is 0.0434. The van der Waals surface area contributed by atoms with Crippen LogP contribution in [0.25, 0.3) is 0 Å². The van der Waals surface area contributed by atoms with E-state index in [1.807, 2.05) is 29.0 Å². The van der Waals surface area contributed by atoms with Crippen molar-refractivity contribution in [1.29, 1.82) is 0 Å². The molecule has 2 bridgehead atoms. The number of benzene rings is 1. The van der Waals surface area contributed by atoms with Gasteiger partial charge in [-0.1, -0.05) is 44.2 Å². The van der Waals surface area contributed by atoms with Crippen molar-refractivity contribution >= 4 is 18.6 Å². The molecule has 1 aromatic heterocycles. The molecule has 28 heavy (non-hydrogen) atoms.